The zero-order valence-corrected chi connectivity index (χ0v) is 20.2. The minimum Gasteiger partial charge on any atom is -0.413 e. The average Bonchev–Trinajstić information content (AvgIpc) is 2.66. The SMILES string of the molecule is CC(C)(C)[Si](C)(C)O[C@H]1C[C@H]2OC[C@@]2(OCc2ccccc2)[C@H]2CC(=O)C=C[C@]12C. The van der Waals surface area contributed by atoms with Gasteiger partial charge in [0.05, 0.1) is 25.4 Å². The molecule has 0 spiro atoms. The van der Waals surface area contributed by atoms with Gasteiger partial charge in [0, 0.05) is 24.2 Å². The van der Waals surface area contributed by atoms with Gasteiger partial charge in [-0.3, -0.25) is 4.79 Å². The molecule has 4 nitrogen and oxygen atoms in total. The topological polar surface area (TPSA) is 44.8 Å². The van der Waals surface area contributed by atoms with Crippen LogP contribution in [0.2, 0.25) is 18.1 Å². The quantitative estimate of drug-likeness (QED) is 0.598. The molecule has 2 fully saturated rings. The van der Waals surface area contributed by atoms with Gasteiger partial charge >= 0.3 is 0 Å². The van der Waals surface area contributed by atoms with Crippen molar-refractivity contribution in [2.45, 2.75) is 83.1 Å². The maximum absolute atomic E-state index is 12.5. The van der Waals surface area contributed by atoms with Crippen LogP contribution < -0.4 is 0 Å². The van der Waals surface area contributed by atoms with E-state index in [0.717, 1.165) is 12.0 Å². The Morgan fingerprint density at radius 3 is 2.50 bits per heavy atom. The maximum Gasteiger partial charge on any atom is 0.192 e. The van der Waals surface area contributed by atoms with Gasteiger partial charge in [-0.15, -0.1) is 0 Å². The lowest BCUT2D eigenvalue weighted by Gasteiger charge is -2.64. The third-order valence-corrected chi connectivity index (χ3v) is 12.6. The van der Waals surface area contributed by atoms with Crippen molar-refractivity contribution in [1.82, 2.24) is 0 Å². The predicted molar refractivity (Wildman–Crippen MR) is 121 cm³/mol. The minimum atomic E-state index is -1.97. The lowest BCUT2D eigenvalue weighted by molar-refractivity contribution is -0.331. The molecule has 164 valence electrons. The Hall–Kier alpha value is -1.27. The molecule has 2 aliphatic carbocycles. The summed E-state index contributed by atoms with van der Waals surface area (Å²) in [6, 6.07) is 10.3. The van der Waals surface area contributed by atoms with Gasteiger partial charge in [-0.1, -0.05) is 64.1 Å². The Labute approximate surface area is 182 Å². The summed E-state index contributed by atoms with van der Waals surface area (Å²) in [6.07, 6.45) is 5.21. The summed E-state index contributed by atoms with van der Waals surface area (Å²) < 4.78 is 19.6. The zero-order chi connectivity index (χ0) is 21.8. The van der Waals surface area contributed by atoms with Crippen molar-refractivity contribution in [1.29, 1.82) is 0 Å². The summed E-state index contributed by atoms with van der Waals surface area (Å²) in [4.78, 5) is 12.5. The van der Waals surface area contributed by atoms with Crippen LogP contribution in [0.25, 0.3) is 0 Å². The van der Waals surface area contributed by atoms with Crippen molar-refractivity contribution < 1.29 is 18.7 Å². The van der Waals surface area contributed by atoms with E-state index in [0.29, 0.717) is 19.6 Å². The van der Waals surface area contributed by atoms with E-state index in [2.05, 4.69) is 59.0 Å². The number of hydrogen-bond donors (Lipinski definition) is 0. The fourth-order valence-corrected chi connectivity index (χ4v) is 6.46. The summed E-state index contributed by atoms with van der Waals surface area (Å²) in [5.74, 6) is 0.243. The molecule has 0 aromatic heterocycles. The average molecular weight is 429 g/mol. The Kier molecular flexibility index (Phi) is 5.41. The van der Waals surface area contributed by atoms with Gasteiger partial charge in [0.25, 0.3) is 0 Å². The number of ketones is 1. The fourth-order valence-electron chi connectivity index (χ4n) is 5.05. The molecule has 0 N–H and O–H groups in total. The van der Waals surface area contributed by atoms with Crippen molar-refractivity contribution in [3.8, 4) is 0 Å². The Morgan fingerprint density at radius 1 is 1.20 bits per heavy atom. The highest BCUT2D eigenvalue weighted by Crippen LogP contribution is 2.59. The van der Waals surface area contributed by atoms with Gasteiger partial charge in [0.1, 0.15) is 5.60 Å². The number of rotatable bonds is 5. The van der Waals surface area contributed by atoms with E-state index >= 15 is 0 Å². The van der Waals surface area contributed by atoms with E-state index in [1.807, 2.05) is 18.2 Å². The summed E-state index contributed by atoms with van der Waals surface area (Å²) in [7, 11) is -1.97. The third kappa shape index (κ3) is 3.54. The number of allylic oxidation sites excluding steroid dienone is 1. The first-order chi connectivity index (χ1) is 14.0. The van der Waals surface area contributed by atoms with Crippen LogP contribution in [0, 0.1) is 11.3 Å². The molecule has 5 heteroatoms. The lowest BCUT2D eigenvalue weighted by Crippen LogP contribution is -2.74. The molecule has 30 heavy (non-hydrogen) atoms. The number of hydrogen-bond acceptors (Lipinski definition) is 4. The van der Waals surface area contributed by atoms with Crippen LogP contribution in [-0.4, -0.2) is 38.5 Å². The minimum absolute atomic E-state index is 0.0200. The highest BCUT2D eigenvalue weighted by atomic mass is 28.4. The van der Waals surface area contributed by atoms with E-state index < -0.39 is 13.9 Å². The zero-order valence-electron chi connectivity index (χ0n) is 19.2. The molecule has 3 aliphatic rings. The van der Waals surface area contributed by atoms with Gasteiger partial charge in [-0.05, 0) is 29.8 Å². The first-order valence-corrected chi connectivity index (χ1v) is 14.1. The molecule has 1 saturated carbocycles. The molecule has 0 unspecified atom stereocenters. The molecule has 1 aromatic rings. The van der Waals surface area contributed by atoms with E-state index in [4.69, 9.17) is 13.9 Å². The summed E-state index contributed by atoms with van der Waals surface area (Å²) in [5, 5.41) is 0.131. The second-order valence-electron chi connectivity index (χ2n) is 11.1. The molecule has 0 bridgehead atoms. The summed E-state index contributed by atoms with van der Waals surface area (Å²) >= 11 is 0. The monoisotopic (exact) mass is 428 g/mol. The number of carbonyl (C=O) groups is 1. The molecule has 5 atom stereocenters. The summed E-state index contributed by atoms with van der Waals surface area (Å²) in [5.41, 5.74) is 0.496. The van der Waals surface area contributed by atoms with Gasteiger partial charge in [0.15, 0.2) is 14.1 Å². The predicted octanol–water partition coefficient (Wildman–Crippen LogP) is 5.29. The molecule has 1 aliphatic heterocycles. The van der Waals surface area contributed by atoms with Crippen molar-refractivity contribution in [2.24, 2.45) is 11.3 Å². The molecule has 4 rings (SSSR count). The molecule has 1 saturated heterocycles. The number of fused-ring (bicyclic) bond motifs is 3. The van der Waals surface area contributed by atoms with Crippen molar-refractivity contribution in [3.05, 3.63) is 48.0 Å². The van der Waals surface area contributed by atoms with Crippen LogP contribution in [0.5, 0.6) is 0 Å². The first kappa shape index (κ1) is 21.9. The van der Waals surface area contributed by atoms with Crippen LogP contribution in [0.15, 0.2) is 42.5 Å². The largest absolute Gasteiger partial charge is 0.413 e. The molecule has 1 heterocycles. The Bertz CT molecular complexity index is 827. The fraction of sp³-hybridized carbons (Fsp3) is 0.640. The molecular formula is C25H36O4Si. The molecular weight excluding hydrogens is 392 g/mol. The van der Waals surface area contributed by atoms with Crippen molar-refractivity contribution in [3.63, 3.8) is 0 Å². The highest BCUT2D eigenvalue weighted by molar-refractivity contribution is 6.74. The van der Waals surface area contributed by atoms with Crippen LogP contribution in [0.1, 0.15) is 46.1 Å². The number of ether oxygens (including phenoxy) is 2. The smallest absolute Gasteiger partial charge is 0.192 e. The first-order valence-electron chi connectivity index (χ1n) is 11.2. The van der Waals surface area contributed by atoms with E-state index in [9.17, 15) is 4.79 Å². The van der Waals surface area contributed by atoms with E-state index in [1.54, 1.807) is 6.08 Å². The van der Waals surface area contributed by atoms with E-state index in [-0.39, 0.29) is 34.4 Å². The molecule has 1 aromatic carbocycles. The molecule has 0 radical (unpaired) electrons. The van der Waals surface area contributed by atoms with Crippen LogP contribution in [0.3, 0.4) is 0 Å². The van der Waals surface area contributed by atoms with Crippen LogP contribution >= 0.6 is 0 Å². The van der Waals surface area contributed by atoms with Gasteiger partial charge in [-0.25, -0.2) is 0 Å². The standard InChI is InChI=1S/C25H36O4Si/c1-23(2,3)30(5,6)29-21-15-22-25(17-27-22,28-16-18-10-8-7-9-11-18)20-14-19(26)12-13-24(20,21)4/h7-13,20-22H,14-17H2,1-6H3/t20-,21-,22+,24-,25+/m0/s1. The number of benzene rings is 1. The third-order valence-electron chi connectivity index (χ3n) is 8.14. The Balaban J connectivity index is 1.64. The van der Waals surface area contributed by atoms with Gasteiger partial charge < -0.3 is 13.9 Å². The van der Waals surface area contributed by atoms with Crippen molar-refractivity contribution in [2.75, 3.05) is 6.61 Å². The van der Waals surface area contributed by atoms with Gasteiger partial charge in [0.2, 0.25) is 0 Å². The second-order valence-corrected chi connectivity index (χ2v) is 15.8. The molecule has 0 amide bonds. The number of carbonyl (C=O) groups excluding carboxylic acids is 1. The van der Waals surface area contributed by atoms with Crippen LogP contribution in [-0.2, 0) is 25.3 Å². The summed E-state index contributed by atoms with van der Waals surface area (Å²) in [6.45, 7) is 14.8. The van der Waals surface area contributed by atoms with Crippen LogP contribution in [0.4, 0.5) is 0 Å². The normalized spacial score (nSPS) is 36.1. The highest BCUT2D eigenvalue weighted by Gasteiger charge is 2.67. The Morgan fingerprint density at radius 2 is 1.90 bits per heavy atom. The van der Waals surface area contributed by atoms with Crippen molar-refractivity contribution >= 4 is 14.1 Å². The second kappa shape index (κ2) is 7.40. The van der Waals surface area contributed by atoms with E-state index in [1.165, 1.54) is 0 Å². The maximum atomic E-state index is 12.5. The lowest BCUT2D eigenvalue weighted by atomic mass is 9.53. The van der Waals surface area contributed by atoms with Gasteiger partial charge in [-0.2, -0.15) is 0 Å².